The highest BCUT2D eigenvalue weighted by Gasteiger charge is 2.45. The van der Waals surface area contributed by atoms with Crippen molar-refractivity contribution in [3.05, 3.63) is 0 Å². The Hall–Kier alpha value is -1.50. The summed E-state index contributed by atoms with van der Waals surface area (Å²) in [5, 5.41) is 11.9. The van der Waals surface area contributed by atoms with E-state index in [1.54, 1.807) is 0 Å². The van der Waals surface area contributed by atoms with E-state index in [4.69, 9.17) is 9.84 Å². The molecule has 1 saturated carbocycles. The van der Waals surface area contributed by atoms with Crippen LogP contribution in [0.4, 0.5) is 9.59 Å². The van der Waals surface area contributed by atoms with Gasteiger partial charge in [-0.2, -0.15) is 0 Å². The minimum Gasteiger partial charge on any atom is -0.465 e. The third-order valence-electron chi connectivity index (χ3n) is 4.28. The number of nitrogens with one attached hydrogen (secondary N) is 1. The molecule has 0 aromatic heterocycles. The number of hydrogen-bond acceptors (Lipinski definition) is 4. The molecule has 0 atom stereocenters. The van der Waals surface area contributed by atoms with E-state index >= 15 is 0 Å². The van der Waals surface area contributed by atoms with Gasteiger partial charge in [-0.15, -0.1) is 0 Å². The Morgan fingerprint density at radius 3 is 2.18 bits per heavy atom. The molecule has 7 nitrogen and oxygen atoms in total. The molecule has 1 aliphatic heterocycles. The predicted molar refractivity (Wildman–Crippen MR) is 82.0 cm³/mol. The van der Waals surface area contributed by atoms with Crippen LogP contribution < -0.4 is 5.32 Å². The number of hydrogen-bond donors (Lipinski definition) is 2. The maximum Gasteiger partial charge on any atom is 0.408 e. The zero-order valence-electron chi connectivity index (χ0n) is 13.9. The summed E-state index contributed by atoms with van der Waals surface area (Å²) in [4.78, 5) is 26.5. The number of carbonyl (C=O) groups is 2. The van der Waals surface area contributed by atoms with Crippen LogP contribution in [-0.4, -0.2) is 70.5 Å². The molecule has 0 aromatic rings. The average Bonchev–Trinajstić information content (AvgIpc) is 2.33. The standard InChI is InChI=1S/C15H27N3O4/c1-14(2,3)22-12(19)16-15(4)9-11(10-15)17-5-7-18(8-6-17)13(20)21/h11H,5-10H2,1-4H3,(H,16,19)(H,20,21). The van der Waals surface area contributed by atoms with E-state index in [0.29, 0.717) is 19.1 Å². The summed E-state index contributed by atoms with van der Waals surface area (Å²) < 4.78 is 5.29. The Morgan fingerprint density at radius 2 is 1.73 bits per heavy atom. The van der Waals surface area contributed by atoms with Gasteiger partial charge >= 0.3 is 12.2 Å². The first-order chi connectivity index (χ1) is 10.1. The van der Waals surface area contributed by atoms with Crippen molar-refractivity contribution in [1.82, 2.24) is 15.1 Å². The van der Waals surface area contributed by atoms with Gasteiger partial charge in [-0.1, -0.05) is 0 Å². The summed E-state index contributed by atoms with van der Waals surface area (Å²) >= 11 is 0. The van der Waals surface area contributed by atoms with E-state index in [0.717, 1.165) is 25.9 Å². The number of alkyl carbamates (subject to hydrolysis) is 1. The van der Waals surface area contributed by atoms with E-state index in [9.17, 15) is 9.59 Å². The Balaban J connectivity index is 1.75. The van der Waals surface area contributed by atoms with Crippen molar-refractivity contribution in [3.63, 3.8) is 0 Å². The molecule has 0 bridgehead atoms. The highest BCUT2D eigenvalue weighted by atomic mass is 16.6. The molecule has 126 valence electrons. The van der Waals surface area contributed by atoms with Crippen molar-refractivity contribution < 1.29 is 19.4 Å². The molecule has 0 unspecified atom stereocenters. The summed E-state index contributed by atoms with van der Waals surface area (Å²) in [6, 6.07) is 0.413. The molecule has 2 aliphatic rings. The Morgan fingerprint density at radius 1 is 1.18 bits per heavy atom. The van der Waals surface area contributed by atoms with Crippen molar-refractivity contribution in [1.29, 1.82) is 0 Å². The first kappa shape index (κ1) is 16.9. The van der Waals surface area contributed by atoms with Crippen molar-refractivity contribution in [2.45, 2.75) is 57.7 Å². The van der Waals surface area contributed by atoms with Crippen LogP contribution in [0.15, 0.2) is 0 Å². The molecule has 1 saturated heterocycles. The van der Waals surface area contributed by atoms with Gasteiger partial charge in [-0.25, -0.2) is 9.59 Å². The molecule has 2 amide bonds. The zero-order chi connectivity index (χ0) is 16.5. The van der Waals surface area contributed by atoms with Crippen molar-refractivity contribution in [2.24, 2.45) is 0 Å². The highest BCUT2D eigenvalue weighted by molar-refractivity contribution is 5.69. The van der Waals surface area contributed by atoms with Crippen LogP contribution in [0.3, 0.4) is 0 Å². The molecule has 0 aromatic carbocycles. The van der Waals surface area contributed by atoms with Crippen LogP contribution in [0.1, 0.15) is 40.5 Å². The topological polar surface area (TPSA) is 82.1 Å². The van der Waals surface area contributed by atoms with Gasteiger partial charge in [0.1, 0.15) is 5.60 Å². The third kappa shape index (κ3) is 4.25. The van der Waals surface area contributed by atoms with Gasteiger partial charge < -0.3 is 20.1 Å². The summed E-state index contributed by atoms with van der Waals surface area (Å²) in [7, 11) is 0. The van der Waals surface area contributed by atoms with Gasteiger partial charge in [0, 0.05) is 37.8 Å². The lowest BCUT2D eigenvalue weighted by molar-refractivity contribution is 0.00180. The second kappa shape index (κ2) is 5.95. The number of carboxylic acid groups (broad SMARTS) is 1. The fourth-order valence-electron chi connectivity index (χ4n) is 3.17. The minimum absolute atomic E-state index is 0.225. The van der Waals surface area contributed by atoms with Crippen LogP contribution in [0.5, 0.6) is 0 Å². The van der Waals surface area contributed by atoms with Crippen molar-refractivity contribution >= 4 is 12.2 Å². The van der Waals surface area contributed by atoms with Crippen LogP contribution in [-0.2, 0) is 4.74 Å². The van der Waals surface area contributed by atoms with Crippen molar-refractivity contribution in [2.75, 3.05) is 26.2 Å². The molecule has 1 aliphatic carbocycles. The molecule has 22 heavy (non-hydrogen) atoms. The van der Waals surface area contributed by atoms with Crippen molar-refractivity contribution in [3.8, 4) is 0 Å². The number of nitrogens with zero attached hydrogens (tertiary/aromatic N) is 2. The normalized spacial score (nSPS) is 29.6. The van der Waals surface area contributed by atoms with Gasteiger partial charge in [0.2, 0.25) is 0 Å². The molecule has 1 heterocycles. The monoisotopic (exact) mass is 313 g/mol. The number of carbonyl (C=O) groups excluding carboxylic acids is 1. The van der Waals surface area contributed by atoms with Gasteiger partial charge in [-0.05, 0) is 40.5 Å². The van der Waals surface area contributed by atoms with Gasteiger partial charge in [0.05, 0.1) is 0 Å². The molecule has 0 spiro atoms. The summed E-state index contributed by atoms with van der Waals surface area (Å²) in [6.45, 7) is 10.2. The van der Waals surface area contributed by atoms with Crippen LogP contribution in [0.2, 0.25) is 0 Å². The van der Waals surface area contributed by atoms with Crippen LogP contribution >= 0.6 is 0 Å². The fourth-order valence-corrected chi connectivity index (χ4v) is 3.17. The lowest BCUT2D eigenvalue weighted by Crippen LogP contribution is -2.64. The van der Waals surface area contributed by atoms with Gasteiger partial charge in [0.25, 0.3) is 0 Å². The Kier molecular flexibility index (Phi) is 4.56. The lowest BCUT2D eigenvalue weighted by Gasteiger charge is -2.51. The van der Waals surface area contributed by atoms with Crippen LogP contribution in [0.25, 0.3) is 0 Å². The summed E-state index contributed by atoms with van der Waals surface area (Å²) in [5.74, 6) is 0. The Labute approximate surface area is 131 Å². The maximum atomic E-state index is 11.8. The minimum atomic E-state index is -0.843. The van der Waals surface area contributed by atoms with Gasteiger partial charge in [-0.3, -0.25) is 4.90 Å². The van der Waals surface area contributed by atoms with E-state index in [2.05, 4.69) is 10.2 Å². The van der Waals surface area contributed by atoms with Gasteiger partial charge in [0.15, 0.2) is 0 Å². The second-order valence-electron chi connectivity index (χ2n) is 7.56. The van der Waals surface area contributed by atoms with E-state index in [1.807, 2.05) is 27.7 Å². The molecular weight excluding hydrogens is 286 g/mol. The van der Waals surface area contributed by atoms with E-state index in [1.165, 1.54) is 4.90 Å². The number of piperazine rings is 1. The smallest absolute Gasteiger partial charge is 0.408 e. The maximum absolute atomic E-state index is 11.8. The predicted octanol–water partition coefficient (Wildman–Crippen LogP) is 1.73. The molecule has 2 N–H and O–H groups in total. The SMILES string of the molecule is CC1(NC(=O)OC(C)(C)C)CC(N2CCN(C(=O)O)CC2)C1. The number of ether oxygens (including phenoxy) is 1. The fraction of sp³-hybridized carbons (Fsp3) is 0.867. The first-order valence-corrected chi connectivity index (χ1v) is 7.81. The second-order valence-corrected chi connectivity index (χ2v) is 7.56. The quantitative estimate of drug-likeness (QED) is 0.811. The van der Waals surface area contributed by atoms with Crippen LogP contribution in [0, 0.1) is 0 Å². The largest absolute Gasteiger partial charge is 0.465 e. The first-order valence-electron chi connectivity index (χ1n) is 7.81. The van der Waals surface area contributed by atoms with E-state index < -0.39 is 11.7 Å². The summed E-state index contributed by atoms with van der Waals surface area (Å²) in [5.41, 5.74) is -0.715. The third-order valence-corrected chi connectivity index (χ3v) is 4.28. The van der Waals surface area contributed by atoms with E-state index in [-0.39, 0.29) is 11.6 Å². The number of rotatable bonds is 2. The molecular formula is C15H27N3O4. The Bertz CT molecular complexity index is 433. The lowest BCUT2D eigenvalue weighted by atomic mass is 9.73. The molecule has 0 radical (unpaired) electrons. The highest BCUT2D eigenvalue weighted by Crippen LogP contribution is 2.36. The molecule has 2 fully saturated rings. The number of amides is 2. The molecule has 7 heteroatoms. The molecule has 2 rings (SSSR count). The summed E-state index contributed by atoms with van der Waals surface area (Å²) in [6.07, 6.45) is 0.535. The average molecular weight is 313 g/mol. The zero-order valence-corrected chi connectivity index (χ0v) is 13.9.